The number of pyridine rings is 1. The van der Waals surface area contributed by atoms with Crippen molar-refractivity contribution in [2.45, 2.75) is 25.9 Å². The standard InChI is InChI=1S/C14H25N3O2/c1-11(7-9-17(2)3)16-10-12-14(19-5)13(18-4)6-8-15-12/h6,8,11,16H,7,9-10H2,1-5H3. The summed E-state index contributed by atoms with van der Waals surface area (Å²) in [4.78, 5) is 6.53. The van der Waals surface area contributed by atoms with Crippen LogP contribution in [0.25, 0.3) is 0 Å². The number of nitrogens with one attached hydrogen (secondary N) is 1. The summed E-state index contributed by atoms with van der Waals surface area (Å²) in [6, 6.07) is 2.23. The molecule has 1 atom stereocenters. The third-order valence-electron chi connectivity index (χ3n) is 2.99. The summed E-state index contributed by atoms with van der Waals surface area (Å²) >= 11 is 0. The van der Waals surface area contributed by atoms with Gasteiger partial charge < -0.3 is 19.7 Å². The third-order valence-corrected chi connectivity index (χ3v) is 2.99. The molecule has 0 aliphatic heterocycles. The van der Waals surface area contributed by atoms with Gasteiger partial charge in [0.05, 0.1) is 19.9 Å². The molecule has 5 nitrogen and oxygen atoms in total. The van der Waals surface area contributed by atoms with Crippen LogP contribution in [0.1, 0.15) is 19.0 Å². The van der Waals surface area contributed by atoms with E-state index in [9.17, 15) is 0 Å². The maximum atomic E-state index is 5.36. The van der Waals surface area contributed by atoms with Crippen LogP contribution in [0.5, 0.6) is 11.5 Å². The lowest BCUT2D eigenvalue weighted by atomic mass is 10.2. The highest BCUT2D eigenvalue weighted by atomic mass is 16.5. The molecule has 1 rings (SSSR count). The summed E-state index contributed by atoms with van der Waals surface area (Å²) in [5, 5.41) is 3.46. The number of rotatable bonds is 8. The van der Waals surface area contributed by atoms with Crippen LogP contribution in [0.3, 0.4) is 0 Å². The zero-order valence-corrected chi connectivity index (χ0v) is 12.6. The van der Waals surface area contributed by atoms with Gasteiger partial charge in [-0.3, -0.25) is 4.98 Å². The fraction of sp³-hybridized carbons (Fsp3) is 0.643. The van der Waals surface area contributed by atoms with Crippen molar-refractivity contribution in [2.75, 3.05) is 34.9 Å². The van der Waals surface area contributed by atoms with Crippen molar-refractivity contribution < 1.29 is 9.47 Å². The molecule has 1 aromatic rings. The molecular formula is C14H25N3O2. The summed E-state index contributed by atoms with van der Waals surface area (Å²) < 4.78 is 10.6. The Balaban J connectivity index is 2.57. The van der Waals surface area contributed by atoms with E-state index in [1.807, 2.05) is 0 Å². The Morgan fingerprint density at radius 2 is 2.05 bits per heavy atom. The number of aromatic nitrogens is 1. The van der Waals surface area contributed by atoms with Gasteiger partial charge in [0.1, 0.15) is 0 Å². The zero-order valence-electron chi connectivity index (χ0n) is 12.6. The fourth-order valence-electron chi connectivity index (χ4n) is 1.80. The van der Waals surface area contributed by atoms with Crippen LogP contribution in [-0.4, -0.2) is 50.8 Å². The normalized spacial score (nSPS) is 12.5. The first-order chi connectivity index (χ1) is 9.08. The molecule has 0 amide bonds. The van der Waals surface area contributed by atoms with E-state index >= 15 is 0 Å². The summed E-state index contributed by atoms with van der Waals surface area (Å²) in [6.45, 7) is 3.92. The second-order valence-electron chi connectivity index (χ2n) is 4.87. The Kier molecular flexibility index (Phi) is 6.59. The minimum atomic E-state index is 0.431. The van der Waals surface area contributed by atoms with Crippen molar-refractivity contribution in [3.8, 4) is 11.5 Å². The highest BCUT2D eigenvalue weighted by Crippen LogP contribution is 2.28. The number of methoxy groups -OCH3 is 2. The Morgan fingerprint density at radius 3 is 2.63 bits per heavy atom. The molecule has 1 N–H and O–H groups in total. The monoisotopic (exact) mass is 267 g/mol. The largest absolute Gasteiger partial charge is 0.493 e. The van der Waals surface area contributed by atoms with Crippen molar-refractivity contribution in [2.24, 2.45) is 0 Å². The van der Waals surface area contributed by atoms with Crippen molar-refractivity contribution in [1.82, 2.24) is 15.2 Å². The number of hydrogen-bond donors (Lipinski definition) is 1. The van der Waals surface area contributed by atoms with E-state index in [1.165, 1.54) is 0 Å². The Labute approximate surface area is 115 Å². The van der Waals surface area contributed by atoms with Gasteiger partial charge in [0, 0.05) is 24.8 Å². The van der Waals surface area contributed by atoms with Crippen LogP contribution < -0.4 is 14.8 Å². The molecule has 0 spiro atoms. The highest BCUT2D eigenvalue weighted by Gasteiger charge is 2.11. The molecule has 0 bridgehead atoms. The van der Waals surface area contributed by atoms with E-state index in [1.54, 1.807) is 26.5 Å². The first-order valence-corrected chi connectivity index (χ1v) is 6.52. The van der Waals surface area contributed by atoms with Crippen LogP contribution in [0.4, 0.5) is 0 Å². The molecule has 0 aliphatic rings. The Bertz CT molecular complexity index is 383. The van der Waals surface area contributed by atoms with Crippen LogP contribution in [-0.2, 0) is 6.54 Å². The maximum absolute atomic E-state index is 5.36. The van der Waals surface area contributed by atoms with Crippen LogP contribution in [0.15, 0.2) is 12.3 Å². The highest BCUT2D eigenvalue weighted by molar-refractivity contribution is 5.42. The molecule has 0 radical (unpaired) electrons. The van der Waals surface area contributed by atoms with Gasteiger partial charge in [-0.1, -0.05) is 0 Å². The molecule has 1 aromatic heterocycles. The predicted molar refractivity (Wildman–Crippen MR) is 76.8 cm³/mol. The van der Waals surface area contributed by atoms with Gasteiger partial charge in [0.15, 0.2) is 11.5 Å². The summed E-state index contributed by atoms with van der Waals surface area (Å²) in [5.41, 5.74) is 0.874. The molecule has 1 unspecified atom stereocenters. The van der Waals surface area contributed by atoms with Gasteiger partial charge in [-0.15, -0.1) is 0 Å². The lowest BCUT2D eigenvalue weighted by Gasteiger charge is -2.17. The van der Waals surface area contributed by atoms with Gasteiger partial charge in [-0.2, -0.15) is 0 Å². The van der Waals surface area contributed by atoms with Gasteiger partial charge in [-0.05, 0) is 34.0 Å². The van der Waals surface area contributed by atoms with E-state index in [2.05, 4.69) is 36.2 Å². The average molecular weight is 267 g/mol. The van der Waals surface area contributed by atoms with Crippen LogP contribution in [0.2, 0.25) is 0 Å². The lowest BCUT2D eigenvalue weighted by Crippen LogP contribution is -2.29. The maximum Gasteiger partial charge on any atom is 0.183 e. The molecule has 0 aromatic carbocycles. The molecule has 108 valence electrons. The second kappa shape index (κ2) is 7.96. The molecule has 5 heteroatoms. The van der Waals surface area contributed by atoms with Crippen molar-refractivity contribution >= 4 is 0 Å². The minimum absolute atomic E-state index is 0.431. The third kappa shape index (κ3) is 5.04. The minimum Gasteiger partial charge on any atom is -0.493 e. The Hall–Kier alpha value is -1.33. The molecule has 1 heterocycles. The second-order valence-corrected chi connectivity index (χ2v) is 4.87. The number of nitrogens with zero attached hydrogens (tertiary/aromatic N) is 2. The van der Waals surface area contributed by atoms with Gasteiger partial charge in [0.2, 0.25) is 0 Å². The summed E-state index contributed by atoms with van der Waals surface area (Å²) in [7, 11) is 7.44. The molecule has 0 saturated carbocycles. The summed E-state index contributed by atoms with van der Waals surface area (Å²) in [6.07, 6.45) is 2.84. The zero-order chi connectivity index (χ0) is 14.3. The molecule has 19 heavy (non-hydrogen) atoms. The molecule has 0 fully saturated rings. The van der Waals surface area contributed by atoms with Crippen molar-refractivity contribution in [1.29, 1.82) is 0 Å². The summed E-state index contributed by atoms with van der Waals surface area (Å²) in [5.74, 6) is 1.42. The van der Waals surface area contributed by atoms with Crippen LogP contribution in [0, 0.1) is 0 Å². The first-order valence-electron chi connectivity index (χ1n) is 6.52. The first kappa shape index (κ1) is 15.7. The molecule has 0 saturated heterocycles. The van der Waals surface area contributed by atoms with E-state index in [4.69, 9.17) is 9.47 Å². The van der Waals surface area contributed by atoms with Gasteiger partial charge in [-0.25, -0.2) is 0 Å². The van der Waals surface area contributed by atoms with E-state index in [0.29, 0.717) is 18.3 Å². The SMILES string of the molecule is COc1ccnc(CNC(C)CCN(C)C)c1OC. The smallest absolute Gasteiger partial charge is 0.183 e. The van der Waals surface area contributed by atoms with Crippen LogP contribution >= 0.6 is 0 Å². The Morgan fingerprint density at radius 1 is 1.32 bits per heavy atom. The molecule has 0 aliphatic carbocycles. The van der Waals surface area contributed by atoms with Crippen molar-refractivity contribution in [3.05, 3.63) is 18.0 Å². The van der Waals surface area contributed by atoms with Gasteiger partial charge in [0.25, 0.3) is 0 Å². The molecular weight excluding hydrogens is 242 g/mol. The van der Waals surface area contributed by atoms with E-state index in [-0.39, 0.29) is 0 Å². The van der Waals surface area contributed by atoms with E-state index < -0.39 is 0 Å². The number of hydrogen-bond acceptors (Lipinski definition) is 5. The quantitative estimate of drug-likeness (QED) is 0.774. The van der Waals surface area contributed by atoms with Crippen molar-refractivity contribution in [3.63, 3.8) is 0 Å². The van der Waals surface area contributed by atoms with E-state index in [0.717, 1.165) is 24.4 Å². The average Bonchev–Trinajstić information content (AvgIpc) is 2.42. The topological polar surface area (TPSA) is 46.6 Å². The number of ether oxygens (including phenoxy) is 2. The fourth-order valence-corrected chi connectivity index (χ4v) is 1.80. The lowest BCUT2D eigenvalue weighted by molar-refractivity contribution is 0.343. The predicted octanol–water partition coefficient (Wildman–Crippen LogP) is 1.53. The van der Waals surface area contributed by atoms with Gasteiger partial charge >= 0.3 is 0 Å².